The fraction of sp³-hybridized carbons (Fsp3) is 0.917. The van der Waals surface area contributed by atoms with E-state index in [1.54, 1.807) is 0 Å². The molecule has 2 heterocycles. The SMILES string of the molecule is COC(=O)CCN1CCC(N2CCCC2)C1. The summed E-state index contributed by atoms with van der Waals surface area (Å²) < 4.78 is 4.66. The molecule has 0 bridgehead atoms. The smallest absolute Gasteiger partial charge is 0.306 e. The van der Waals surface area contributed by atoms with Crippen molar-refractivity contribution in [3.8, 4) is 0 Å². The number of carbonyl (C=O) groups is 1. The third-order valence-electron chi connectivity index (χ3n) is 3.76. The van der Waals surface area contributed by atoms with E-state index in [1.165, 1.54) is 39.5 Å². The number of hydrogen-bond acceptors (Lipinski definition) is 4. The van der Waals surface area contributed by atoms with Crippen LogP contribution in [0.5, 0.6) is 0 Å². The van der Waals surface area contributed by atoms with Gasteiger partial charge in [-0.2, -0.15) is 0 Å². The first-order chi connectivity index (χ1) is 7.79. The van der Waals surface area contributed by atoms with E-state index in [0.29, 0.717) is 6.42 Å². The van der Waals surface area contributed by atoms with Crippen LogP contribution in [0.15, 0.2) is 0 Å². The van der Waals surface area contributed by atoms with Gasteiger partial charge in [0, 0.05) is 19.1 Å². The summed E-state index contributed by atoms with van der Waals surface area (Å²) in [5, 5.41) is 0. The molecule has 2 saturated heterocycles. The molecule has 4 heteroatoms. The summed E-state index contributed by atoms with van der Waals surface area (Å²) in [7, 11) is 1.46. The maximum Gasteiger partial charge on any atom is 0.306 e. The van der Waals surface area contributed by atoms with Crippen molar-refractivity contribution in [1.29, 1.82) is 0 Å². The molecule has 0 spiro atoms. The average Bonchev–Trinajstić information content (AvgIpc) is 2.95. The number of hydrogen-bond donors (Lipinski definition) is 0. The lowest BCUT2D eigenvalue weighted by atomic mass is 10.2. The molecule has 1 atom stereocenters. The minimum absolute atomic E-state index is 0.0929. The van der Waals surface area contributed by atoms with Crippen molar-refractivity contribution in [2.24, 2.45) is 0 Å². The summed E-state index contributed by atoms with van der Waals surface area (Å²) in [5.41, 5.74) is 0. The Hall–Kier alpha value is -0.610. The highest BCUT2D eigenvalue weighted by Crippen LogP contribution is 2.20. The van der Waals surface area contributed by atoms with Crippen LogP contribution < -0.4 is 0 Å². The summed E-state index contributed by atoms with van der Waals surface area (Å²) in [6.07, 6.45) is 4.52. The molecule has 0 aliphatic carbocycles. The van der Waals surface area contributed by atoms with Crippen LogP contribution in [0.3, 0.4) is 0 Å². The average molecular weight is 226 g/mol. The van der Waals surface area contributed by atoms with E-state index in [0.717, 1.165) is 25.7 Å². The minimum Gasteiger partial charge on any atom is -0.469 e. The molecule has 0 aromatic heterocycles. The lowest BCUT2D eigenvalue weighted by Crippen LogP contribution is -2.35. The lowest BCUT2D eigenvalue weighted by molar-refractivity contribution is -0.140. The first-order valence-electron chi connectivity index (χ1n) is 6.33. The van der Waals surface area contributed by atoms with Crippen molar-refractivity contribution < 1.29 is 9.53 Å². The van der Waals surface area contributed by atoms with Crippen molar-refractivity contribution in [3.63, 3.8) is 0 Å². The van der Waals surface area contributed by atoms with Crippen LogP contribution in [-0.4, -0.2) is 61.6 Å². The first kappa shape index (κ1) is 11.9. The molecule has 2 fully saturated rings. The number of esters is 1. The highest BCUT2D eigenvalue weighted by molar-refractivity contribution is 5.69. The van der Waals surface area contributed by atoms with E-state index < -0.39 is 0 Å². The number of carbonyl (C=O) groups excluding carboxylic acids is 1. The van der Waals surface area contributed by atoms with Gasteiger partial charge in [-0.05, 0) is 38.9 Å². The molecule has 2 rings (SSSR count). The molecule has 92 valence electrons. The molecule has 1 unspecified atom stereocenters. The van der Waals surface area contributed by atoms with Crippen LogP contribution in [0.25, 0.3) is 0 Å². The van der Waals surface area contributed by atoms with E-state index in [2.05, 4.69) is 14.5 Å². The zero-order chi connectivity index (χ0) is 11.4. The maximum atomic E-state index is 11.0. The number of ether oxygens (including phenoxy) is 1. The minimum atomic E-state index is -0.0929. The molecule has 0 aromatic carbocycles. The zero-order valence-electron chi connectivity index (χ0n) is 10.2. The molecule has 16 heavy (non-hydrogen) atoms. The van der Waals surface area contributed by atoms with Gasteiger partial charge in [-0.15, -0.1) is 0 Å². The number of methoxy groups -OCH3 is 1. The molecule has 0 N–H and O–H groups in total. The van der Waals surface area contributed by atoms with Gasteiger partial charge < -0.3 is 9.64 Å². The van der Waals surface area contributed by atoms with E-state index >= 15 is 0 Å². The van der Waals surface area contributed by atoms with Crippen molar-refractivity contribution in [1.82, 2.24) is 9.80 Å². The second-order valence-electron chi connectivity index (χ2n) is 4.81. The van der Waals surface area contributed by atoms with E-state index in [1.807, 2.05) is 0 Å². The fourth-order valence-electron chi connectivity index (χ4n) is 2.77. The summed E-state index contributed by atoms with van der Waals surface area (Å²) in [5.74, 6) is -0.0929. The van der Waals surface area contributed by atoms with Gasteiger partial charge in [0.25, 0.3) is 0 Å². The van der Waals surface area contributed by atoms with Crippen LogP contribution in [0, 0.1) is 0 Å². The monoisotopic (exact) mass is 226 g/mol. The van der Waals surface area contributed by atoms with Gasteiger partial charge in [-0.3, -0.25) is 9.69 Å². The van der Waals surface area contributed by atoms with Gasteiger partial charge in [0.15, 0.2) is 0 Å². The normalized spacial score (nSPS) is 27.4. The zero-order valence-corrected chi connectivity index (χ0v) is 10.2. The van der Waals surface area contributed by atoms with E-state index in [4.69, 9.17) is 0 Å². The Kier molecular flexibility index (Phi) is 4.18. The largest absolute Gasteiger partial charge is 0.469 e. The van der Waals surface area contributed by atoms with Crippen LogP contribution in [0.1, 0.15) is 25.7 Å². The fourth-order valence-corrected chi connectivity index (χ4v) is 2.77. The van der Waals surface area contributed by atoms with E-state index in [-0.39, 0.29) is 5.97 Å². The highest BCUT2D eigenvalue weighted by atomic mass is 16.5. The van der Waals surface area contributed by atoms with Crippen molar-refractivity contribution >= 4 is 5.97 Å². The number of likely N-dealkylation sites (tertiary alicyclic amines) is 2. The molecule has 0 amide bonds. The van der Waals surface area contributed by atoms with Gasteiger partial charge in [0.05, 0.1) is 13.5 Å². The summed E-state index contributed by atoms with van der Waals surface area (Å²) in [6.45, 7) is 5.68. The molecule has 0 aromatic rings. The van der Waals surface area contributed by atoms with Gasteiger partial charge in [-0.25, -0.2) is 0 Å². The molecule has 2 aliphatic heterocycles. The Morgan fingerprint density at radius 3 is 2.75 bits per heavy atom. The Morgan fingerprint density at radius 2 is 2.06 bits per heavy atom. The Labute approximate surface area is 97.5 Å². The number of nitrogens with zero attached hydrogens (tertiary/aromatic N) is 2. The van der Waals surface area contributed by atoms with Gasteiger partial charge >= 0.3 is 5.97 Å². The van der Waals surface area contributed by atoms with Crippen LogP contribution in [0.2, 0.25) is 0 Å². The molecule has 2 aliphatic rings. The maximum absolute atomic E-state index is 11.0. The Bertz CT molecular complexity index is 239. The van der Waals surface area contributed by atoms with Gasteiger partial charge in [-0.1, -0.05) is 0 Å². The van der Waals surface area contributed by atoms with Gasteiger partial charge in [0.1, 0.15) is 0 Å². The third kappa shape index (κ3) is 2.95. The van der Waals surface area contributed by atoms with Crippen LogP contribution >= 0.6 is 0 Å². The second kappa shape index (κ2) is 5.64. The van der Waals surface area contributed by atoms with Gasteiger partial charge in [0.2, 0.25) is 0 Å². The molecule has 0 saturated carbocycles. The molecule has 4 nitrogen and oxygen atoms in total. The molecule has 0 radical (unpaired) electrons. The van der Waals surface area contributed by atoms with Crippen molar-refractivity contribution in [2.75, 3.05) is 39.8 Å². The van der Waals surface area contributed by atoms with Crippen molar-refractivity contribution in [2.45, 2.75) is 31.7 Å². The van der Waals surface area contributed by atoms with Crippen molar-refractivity contribution in [3.05, 3.63) is 0 Å². The highest BCUT2D eigenvalue weighted by Gasteiger charge is 2.29. The Morgan fingerprint density at radius 1 is 1.31 bits per heavy atom. The van der Waals surface area contributed by atoms with Crippen LogP contribution in [-0.2, 0) is 9.53 Å². The molecular weight excluding hydrogens is 204 g/mol. The second-order valence-corrected chi connectivity index (χ2v) is 4.81. The lowest BCUT2D eigenvalue weighted by Gasteiger charge is -2.23. The van der Waals surface area contributed by atoms with Crippen LogP contribution in [0.4, 0.5) is 0 Å². The van der Waals surface area contributed by atoms with E-state index in [9.17, 15) is 4.79 Å². The topological polar surface area (TPSA) is 32.8 Å². The predicted octanol–water partition coefficient (Wildman–Crippen LogP) is 0.720. The summed E-state index contributed by atoms with van der Waals surface area (Å²) in [6, 6.07) is 0.736. The predicted molar refractivity (Wildman–Crippen MR) is 62.3 cm³/mol. The third-order valence-corrected chi connectivity index (χ3v) is 3.76. The molecular formula is C12H22N2O2. The summed E-state index contributed by atoms with van der Waals surface area (Å²) >= 11 is 0. The quantitative estimate of drug-likeness (QED) is 0.661. The first-order valence-corrected chi connectivity index (χ1v) is 6.33. The number of rotatable bonds is 4. The summed E-state index contributed by atoms with van der Waals surface area (Å²) in [4.78, 5) is 16.0. The Balaban J connectivity index is 1.68. The standard InChI is InChI=1S/C12H22N2O2/c1-16-12(15)5-9-13-8-4-11(10-13)14-6-2-3-7-14/h11H,2-10H2,1H3.